The molecule has 1 aromatic carbocycles. The fraction of sp³-hybridized carbons (Fsp3) is 0.562. The van der Waals surface area contributed by atoms with Crippen LogP contribution in [-0.2, 0) is 6.54 Å². The maximum Gasteiger partial charge on any atom is 0.145 e. The van der Waals surface area contributed by atoms with Crippen LogP contribution < -0.4 is 5.32 Å². The van der Waals surface area contributed by atoms with Crippen molar-refractivity contribution in [3.63, 3.8) is 0 Å². The molecule has 3 heteroatoms. The fourth-order valence-corrected chi connectivity index (χ4v) is 2.79. The molecule has 0 aliphatic heterocycles. The second-order valence-electron chi connectivity index (χ2n) is 5.74. The van der Waals surface area contributed by atoms with E-state index in [1.54, 1.807) is 12.1 Å². The maximum atomic E-state index is 13.9. The predicted molar refractivity (Wildman–Crippen MR) is 73.9 cm³/mol. The first-order valence-corrected chi connectivity index (χ1v) is 7.02. The minimum atomic E-state index is -0.380. The molecular weight excluding hydrogens is 239 g/mol. The predicted octanol–water partition coefficient (Wildman–Crippen LogP) is 3.61. The smallest absolute Gasteiger partial charge is 0.145 e. The van der Waals surface area contributed by atoms with E-state index in [9.17, 15) is 4.39 Å². The average Bonchev–Trinajstić information content (AvgIpc) is 2.41. The zero-order valence-electron chi connectivity index (χ0n) is 11.6. The van der Waals surface area contributed by atoms with Crippen LogP contribution in [0.2, 0.25) is 0 Å². The van der Waals surface area contributed by atoms with Crippen LogP contribution in [-0.4, -0.2) is 6.04 Å². The van der Waals surface area contributed by atoms with Crippen molar-refractivity contribution < 1.29 is 4.39 Å². The van der Waals surface area contributed by atoms with Crippen LogP contribution in [0.1, 0.15) is 44.2 Å². The highest BCUT2D eigenvalue weighted by atomic mass is 19.1. The van der Waals surface area contributed by atoms with E-state index in [-0.39, 0.29) is 11.4 Å². The van der Waals surface area contributed by atoms with Gasteiger partial charge < -0.3 is 5.32 Å². The van der Waals surface area contributed by atoms with Gasteiger partial charge in [0.2, 0.25) is 0 Å². The number of hydrogen-bond donors (Lipinski definition) is 1. The Kier molecular flexibility index (Phi) is 4.55. The number of hydrogen-bond acceptors (Lipinski definition) is 2. The molecule has 0 spiro atoms. The average molecular weight is 260 g/mol. The lowest BCUT2D eigenvalue weighted by atomic mass is 9.79. The zero-order chi connectivity index (χ0) is 13.8. The molecule has 1 saturated carbocycles. The first-order chi connectivity index (χ1) is 9.11. The van der Waals surface area contributed by atoms with Crippen molar-refractivity contribution in [2.45, 2.75) is 45.7 Å². The number of nitrogens with one attached hydrogen (secondary N) is 1. The van der Waals surface area contributed by atoms with Gasteiger partial charge in [-0.25, -0.2) is 4.39 Å². The fourth-order valence-electron chi connectivity index (χ4n) is 2.79. The van der Waals surface area contributed by atoms with Crippen molar-refractivity contribution in [1.29, 1.82) is 5.26 Å². The summed E-state index contributed by atoms with van der Waals surface area (Å²) in [7, 11) is 0. The third-order valence-corrected chi connectivity index (χ3v) is 4.38. The summed E-state index contributed by atoms with van der Waals surface area (Å²) in [6.07, 6.45) is 3.55. The number of benzene rings is 1. The molecule has 0 amide bonds. The Bertz CT molecular complexity index is 478. The van der Waals surface area contributed by atoms with Gasteiger partial charge in [0, 0.05) is 18.2 Å². The standard InChI is InChI=1S/C16H21FN2/c1-11-6-7-15(8-12(11)2)19-10-14-5-3-4-13(9-18)16(14)17/h3-5,11-12,15,19H,6-8,10H2,1-2H3. The van der Waals surface area contributed by atoms with E-state index in [2.05, 4.69) is 19.2 Å². The number of nitriles is 1. The third kappa shape index (κ3) is 3.33. The molecule has 1 aromatic rings. The van der Waals surface area contributed by atoms with Gasteiger partial charge in [0.1, 0.15) is 11.9 Å². The van der Waals surface area contributed by atoms with Crippen LogP contribution in [0.4, 0.5) is 4.39 Å². The molecule has 0 bridgehead atoms. The molecule has 2 rings (SSSR count). The summed E-state index contributed by atoms with van der Waals surface area (Å²) >= 11 is 0. The van der Waals surface area contributed by atoms with Crippen molar-refractivity contribution >= 4 is 0 Å². The van der Waals surface area contributed by atoms with Crippen LogP contribution in [0.5, 0.6) is 0 Å². The lowest BCUT2D eigenvalue weighted by Gasteiger charge is -2.32. The quantitative estimate of drug-likeness (QED) is 0.901. The molecule has 0 heterocycles. The van der Waals surface area contributed by atoms with Gasteiger partial charge in [-0.05, 0) is 37.2 Å². The summed E-state index contributed by atoms with van der Waals surface area (Å²) in [4.78, 5) is 0. The monoisotopic (exact) mass is 260 g/mol. The molecule has 1 aliphatic rings. The second-order valence-corrected chi connectivity index (χ2v) is 5.74. The molecule has 1 N–H and O–H groups in total. The Labute approximate surface area is 114 Å². The highest BCUT2D eigenvalue weighted by Crippen LogP contribution is 2.29. The molecular formula is C16H21FN2. The molecule has 1 fully saturated rings. The molecule has 3 atom stereocenters. The molecule has 3 unspecified atom stereocenters. The van der Waals surface area contributed by atoms with Gasteiger partial charge in [-0.2, -0.15) is 5.26 Å². The third-order valence-electron chi connectivity index (χ3n) is 4.38. The SMILES string of the molecule is CC1CCC(NCc2cccc(C#N)c2F)CC1C. The van der Waals surface area contributed by atoms with Gasteiger partial charge in [0.25, 0.3) is 0 Å². The van der Waals surface area contributed by atoms with Crippen LogP contribution in [0.15, 0.2) is 18.2 Å². The molecule has 0 saturated heterocycles. The van der Waals surface area contributed by atoms with Gasteiger partial charge >= 0.3 is 0 Å². The van der Waals surface area contributed by atoms with Gasteiger partial charge in [-0.1, -0.05) is 26.0 Å². The Hall–Kier alpha value is -1.40. The number of rotatable bonds is 3. The van der Waals surface area contributed by atoms with Crippen LogP contribution in [0.25, 0.3) is 0 Å². The van der Waals surface area contributed by atoms with E-state index in [0.717, 1.165) is 24.7 Å². The van der Waals surface area contributed by atoms with Gasteiger partial charge in [0.15, 0.2) is 0 Å². The normalized spacial score (nSPS) is 26.9. The van der Waals surface area contributed by atoms with Crippen LogP contribution in [0.3, 0.4) is 0 Å². The Morgan fingerprint density at radius 3 is 2.79 bits per heavy atom. The van der Waals surface area contributed by atoms with Gasteiger partial charge in [0.05, 0.1) is 5.56 Å². The van der Waals surface area contributed by atoms with Crippen molar-refractivity contribution in [3.05, 3.63) is 35.1 Å². The van der Waals surface area contributed by atoms with Crippen molar-refractivity contribution in [1.82, 2.24) is 5.32 Å². The van der Waals surface area contributed by atoms with Crippen molar-refractivity contribution in [2.24, 2.45) is 11.8 Å². The van der Waals surface area contributed by atoms with E-state index in [4.69, 9.17) is 5.26 Å². The van der Waals surface area contributed by atoms with Crippen molar-refractivity contribution in [3.8, 4) is 6.07 Å². The highest BCUT2D eigenvalue weighted by molar-refractivity contribution is 5.34. The zero-order valence-corrected chi connectivity index (χ0v) is 11.6. The van der Waals surface area contributed by atoms with E-state index >= 15 is 0 Å². The Morgan fingerprint density at radius 2 is 2.11 bits per heavy atom. The van der Waals surface area contributed by atoms with E-state index < -0.39 is 0 Å². The molecule has 1 aliphatic carbocycles. The Balaban J connectivity index is 1.95. The molecule has 0 radical (unpaired) electrons. The maximum absolute atomic E-state index is 13.9. The summed E-state index contributed by atoms with van der Waals surface area (Å²) < 4.78 is 13.9. The molecule has 102 valence electrons. The summed E-state index contributed by atoms with van der Waals surface area (Å²) in [5.41, 5.74) is 0.718. The van der Waals surface area contributed by atoms with Crippen LogP contribution >= 0.6 is 0 Å². The molecule has 19 heavy (non-hydrogen) atoms. The summed E-state index contributed by atoms with van der Waals surface area (Å²) in [6.45, 7) is 5.10. The first kappa shape index (κ1) is 14.0. The number of nitrogens with zero attached hydrogens (tertiary/aromatic N) is 1. The summed E-state index contributed by atoms with van der Waals surface area (Å²) in [5, 5.41) is 12.2. The van der Waals surface area contributed by atoms with Gasteiger partial charge in [-0.15, -0.1) is 0 Å². The minimum absolute atomic E-state index is 0.130. The minimum Gasteiger partial charge on any atom is -0.310 e. The summed E-state index contributed by atoms with van der Waals surface area (Å²) in [6, 6.07) is 7.36. The molecule has 0 aromatic heterocycles. The van der Waals surface area contributed by atoms with E-state index in [1.807, 2.05) is 6.07 Å². The lowest BCUT2D eigenvalue weighted by Crippen LogP contribution is -2.36. The van der Waals surface area contributed by atoms with Gasteiger partial charge in [-0.3, -0.25) is 0 Å². The summed E-state index contributed by atoms with van der Waals surface area (Å²) in [5.74, 6) is 1.13. The highest BCUT2D eigenvalue weighted by Gasteiger charge is 2.24. The molecule has 2 nitrogen and oxygen atoms in total. The van der Waals surface area contributed by atoms with E-state index in [1.165, 1.54) is 12.5 Å². The second kappa shape index (κ2) is 6.16. The first-order valence-electron chi connectivity index (χ1n) is 7.02. The van der Waals surface area contributed by atoms with E-state index in [0.29, 0.717) is 18.2 Å². The van der Waals surface area contributed by atoms with Crippen LogP contribution in [0, 0.1) is 29.0 Å². The van der Waals surface area contributed by atoms with Crippen molar-refractivity contribution in [2.75, 3.05) is 0 Å². The Morgan fingerprint density at radius 1 is 1.32 bits per heavy atom. The largest absolute Gasteiger partial charge is 0.310 e. The topological polar surface area (TPSA) is 35.8 Å². The number of halogens is 1. The lowest BCUT2D eigenvalue weighted by molar-refractivity contribution is 0.225.